The third kappa shape index (κ3) is 2.62. The summed E-state index contributed by atoms with van der Waals surface area (Å²) in [6, 6.07) is 1.78. The molecule has 0 spiro atoms. The molecule has 4 N–H and O–H groups in total. The van der Waals surface area contributed by atoms with Crippen LogP contribution in [0.15, 0.2) is 30.9 Å². The molecule has 90 valence electrons. The third-order valence-electron chi connectivity index (χ3n) is 2.59. The second-order valence-corrected chi connectivity index (χ2v) is 3.87. The molecule has 0 saturated heterocycles. The first kappa shape index (κ1) is 11.6. The predicted octanol–water partition coefficient (Wildman–Crippen LogP) is 1.48. The minimum atomic E-state index is -0.0290. The van der Waals surface area contributed by atoms with E-state index < -0.39 is 0 Å². The molecule has 17 heavy (non-hydrogen) atoms. The number of nitrogens with one attached hydrogen (secondary N) is 2. The lowest BCUT2D eigenvalue weighted by molar-refractivity contribution is 0.576. The summed E-state index contributed by atoms with van der Waals surface area (Å²) in [7, 11) is 0. The molecule has 2 rings (SSSR count). The van der Waals surface area contributed by atoms with Gasteiger partial charge < -0.3 is 16.0 Å². The van der Waals surface area contributed by atoms with Crippen molar-refractivity contribution in [2.45, 2.75) is 19.4 Å². The van der Waals surface area contributed by atoms with Gasteiger partial charge in [0.15, 0.2) is 0 Å². The molecule has 0 aliphatic rings. The number of hydrogen-bond donors (Lipinski definition) is 3. The van der Waals surface area contributed by atoms with Gasteiger partial charge in [-0.05, 0) is 19.0 Å². The van der Waals surface area contributed by atoms with Crippen LogP contribution in [0.3, 0.4) is 0 Å². The Kier molecular flexibility index (Phi) is 3.72. The Hall–Kier alpha value is -1.88. The molecule has 5 heteroatoms. The molecule has 1 atom stereocenters. The lowest BCUT2D eigenvalue weighted by atomic mass is 10.1. The number of pyridine rings is 1. The molecule has 0 bridgehead atoms. The van der Waals surface area contributed by atoms with Gasteiger partial charge in [-0.25, -0.2) is 4.98 Å². The van der Waals surface area contributed by atoms with E-state index in [-0.39, 0.29) is 6.04 Å². The number of aromatic amines is 1. The molecule has 2 aromatic heterocycles. The summed E-state index contributed by atoms with van der Waals surface area (Å²) in [5.74, 6) is 0.859. The van der Waals surface area contributed by atoms with Crippen molar-refractivity contribution in [3.8, 4) is 0 Å². The fourth-order valence-corrected chi connectivity index (χ4v) is 1.74. The lowest BCUT2D eigenvalue weighted by Gasteiger charge is -2.17. The van der Waals surface area contributed by atoms with Crippen molar-refractivity contribution in [2.75, 3.05) is 12.3 Å². The third-order valence-corrected chi connectivity index (χ3v) is 2.59. The minimum absolute atomic E-state index is 0.0290. The highest BCUT2D eigenvalue weighted by Crippen LogP contribution is 2.23. The van der Waals surface area contributed by atoms with Gasteiger partial charge in [0.2, 0.25) is 0 Å². The smallest absolute Gasteiger partial charge is 0.127 e. The van der Waals surface area contributed by atoms with Gasteiger partial charge in [-0.2, -0.15) is 0 Å². The molecule has 2 heterocycles. The van der Waals surface area contributed by atoms with Crippen molar-refractivity contribution in [2.24, 2.45) is 0 Å². The zero-order valence-electron chi connectivity index (χ0n) is 9.85. The molecular weight excluding hydrogens is 214 g/mol. The lowest BCUT2D eigenvalue weighted by Crippen LogP contribution is -2.25. The van der Waals surface area contributed by atoms with Gasteiger partial charge in [0.05, 0.1) is 6.04 Å². The fraction of sp³-hybridized carbons (Fsp3) is 0.333. The Morgan fingerprint density at radius 2 is 2.35 bits per heavy atom. The molecule has 0 radical (unpaired) electrons. The summed E-state index contributed by atoms with van der Waals surface area (Å²) in [5, 5.41) is 3.42. The fourth-order valence-electron chi connectivity index (χ4n) is 1.74. The van der Waals surface area contributed by atoms with Gasteiger partial charge in [0.25, 0.3) is 0 Å². The number of aromatic nitrogens is 3. The molecule has 0 amide bonds. The van der Waals surface area contributed by atoms with Gasteiger partial charge in [0.1, 0.15) is 5.82 Å². The highest BCUT2D eigenvalue weighted by molar-refractivity contribution is 5.48. The Balaban J connectivity index is 2.30. The summed E-state index contributed by atoms with van der Waals surface area (Å²) in [4.78, 5) is 11.5. The van der Waals surface area contributed by atoms with Crippen LogP contribution in [0.25, 0.3) is 0 Å². The number of anilines is 1. The van der Waals surface area contributed by atoms with Crippen molar-refractivity contribution >= 4 is 5.69 Å². The Labute approximate surface area is 100 Å². The largest absolute Gasteiger partial charge is 0.398 e. The van der Waals surface area contributed by atoms with Crippen LogP contribution in [0.5, 0.6) is 0 Å². The molecular formula is C12H17N5. The van der Waals surface area contributed by atoms with E-state index in [9.17, 15) is 0 Å². The average Bonchev–Trinajstić information content (AvgIpc) is 2.85. The van der Waals surface area contributed by atoms with Crippen LogP contribution >= 0.6 is 0 Å². The first-order chi connectivity index (χ1) is 8.33. The van der Waals surface area contributed by atoms with Gasteiger partial charge in [-0.1, -0.05) is 6.92 Å². The second kappa shape index (κ2) is 5.45. The number of rotatable bonds is 5. The van der Waals surface area contributed by atoms with Crippen molar-refractivity contribution in [1.82, 2.24) is 20.3 Å². The maximum Gasteiger partial charge on any atom is 0.127 e. The zero-order valence-corrected chi connectivity index (χ0v) is 9.85. The highest BCUT2D eigenvalue weighted by atomic mass is 15.0. The average molecular weight is 231 g/mol. The quantitative estimate of drug-likeness (QED) is 0.728. The van der Waals surface area contributed by atoms with Crippen LogP contribution in [0.1, 0.15) is 30.8 Å². The Bertz CT molecular complexity index is 452. The summed E-state index contributed by atoms with van der Waals surface area (Å²) in [5.41, 5.74) is 7.66. The summed E-state index contributed by atoms with van der Waals surface area (Å²) in [6.45, 7) is 3.03. The standard InChI is InChI=1S/C12H17N5/c1-2-4-15-11(12-16-6-7-17-12)9-8-14-5-3-10(9)13/h3,5-8,11,15H,2,4H2,1H3,(H2,13,14)(H,16,17). The molecule has 2 aromatic rings. The van der Waals surface area contributed by atoms with E-state index in [4.69, 9.17) is 5.73 Å². The van der Waals surface area contributed by atoms with Gasteiger partial charge in [-0.15, -0.1) is 0 Å². The second-order valence-electron chi connectivity index (χ2n) is 3.87. The van der Waals surface area contributed by atoms with Crippen molar-refractivity contribution in [3.05, 3.63) is 42.2 Å². The van der Waals surface area contributed by atoms with Crippen molar-refractivity contribution < 1.29 is 0 Å². The highest BCUT2D eigenvalue weighted by Gasteiger charge is 2.17. The SMILES string of the molecule is CCCNC(c1ncc[nH]1)c1cnccc1N. The van der Waals surface area contributed by atoms with Crippen LogP contribution in [0.2, 0.25) is 0 Å². The van der Waals surface area contributed by atoms with Gasteiger partial charge in [-0.3, -0.25) is 4.98 Å². The Morgan fingerprint density at radius 3 is 3.00 bits per heavy atom. The number of hydrogen-bond acceptors (Lipinski definition) is 4. The number of nitrogens with two attached hydrogens (primary N) is 1. The van der Waals surface area contributed by atoms with Crippen molar-refractivity contribution in [3.63, 3.8) is 0 Å². The van der Waals surface area contributed by atoms with Crippen LogP contribution in [0, 0.1) is 0 Å². The topological polar surface area (TPSA) is 79.6 Å². The molecule has 0 saturated carbocycles. The summed E-state index contributed by atoms with van der Waals surface area (Å²) >= 11 is 0. The Morgan fingerprint density at radius 1 is 1.47 bits per heavy atom. The van der Waals surface area contributed by atoms with E-state index in [1.165, 1.54) is 0 Å². The maximum absolute atomic E-state index is 5.98. The molecule has 0 fully saturated rings. The maximum atomic E-state index is 5.98. The summed E-state index contributed by atoms with van der Waals surface area (Å²) < 4.78 is 0. The van der Waals surface area contributed by atoms with E-state index in [0.717, 1.165) is 30.0 Å². The molecule has 0 aromatic carbocycles. The van der Waals surface area contributed by atoms with Crippen molar-refractivity contribution in [1.29, 1.82) is 0 Å². The van der Waals surface area contributed by atoms with Crippen LogP contribution in [-0.4, -0.2) is 21.5 Å². The minimum Gasteiger partial charge on any atom is -0.398 e. The molecule has 1 unspecified atom stereocenters. The van der Waals surface area contributed by atoms with Gasteiger partial charge >= 0.3 is 0 Å². The zero-order chi connectivity index (χ0) is 12.1. The first-order valence-corrected chi connectivity index (χ1v) is 5.75. The molecule has 0 aliphatic heterocycles. The molecule has 0 aliphatic carbocycles. The number of H-pyrrole nitrogens is 1. The van der Waals surface area contributed by atoms with Crippen LogP contribution in [0.4, 0.5) is 5.69 Å². The van der Waals surface area contributed by atoms with E-state index in [1.54, 1.807) is 24.7 Å². The van der Waals surface area contributed by atoms with E-state index >= 15 is 0 Å². The first-order valence-electron chi connectivity index (χ1n) is 5.75. The van der Waals surface area contributed by atoms with Crippen LogP contribution < -0.4 is 11.1 Å². The number of imidazole rings is 1. The van der Waals surface area contributed by atoms with E-state index in [1.807, 2.05) is 6.20 Å². The number of nitrogen functional groups attached to an aromatic ring is 1. The van der Waals surface area contributed by atoms with E-state index in [0.29, 0.717) is 0 Å². The van der Waals surface area contributed by atoms with Crippen LogP contribution in [-0.2, 0) is 0 Å². The number of nitrogens with zero attached hydrogens (tertiary/aromatic N) is 2. The molecule has 5 nitrogen and oxygen atoms in total. The van der Waals surface area contributed by atoms with Gasteiger partial charge in [0, 0.05) is 36.0 Å². The monoisotopic (exact) mass is 231 g/mol. The van der Waals surface area contributed by atoms with E-state index in [2.05, 4.69) is 27.2 Å². The normalized spacial score (nSPS) is 12.5. The predicted molar refractivity (Wildman–Crippen MR) is 67.4 cm³/mol. The summed E-state index contributed by atoms with van der Waals surface area (Å²) in [6.07, 6.45) is 8.07.